The number of hydrogen-bond acceptors (Lipinski definition) is 4. The lowest BCUT2D eigenvalue weighted by Gasteiger charge is -2.39. The molecule has 1 aromatic heterocycles. The third-order valence-corrected chi connectivity index (χ3v) is 3.22. The Hall–Kier alpha value is -1.13. The standard InChI is InChI=1S/C12H18N2O2/c15-7-6-14(11-2-1-3-11)12-8-13-5-4-10(12)9-16/h4-5,8,11,15-16H,1-3,6-7,9H2. The van der Waals surface area contributed by atoms with Crippen LogP contribution in [0.3, 0.4) is 0 Å². The molecule has 0 aliphatic heterocycles. The first kappa shape index (κ1) is 11.4. The van der Waals surface area contributed by atoms with E-state index in [-0.39, 0.29) is 13.2 Å². The van der Waals surface area contributed by atoms with Gasteiger partial charge in [-0.05, 0) is 25.3 Å². The fraction of sp³-hybridized carbons (Fsp3) is 0.583. The minimum Gasteiger partial charge on any atom is -0.395 e. The quantitative estimate of drug-likeness (QED) is 0.778. The molecule has 4 heteroatoms. The van der Waals surface area contributed by atoms with Gasteiger partial charge >= 0.3 is 0 Å². The summed E-state index contributed by atoms with van der Waals surface area (Å²) in [5.74, 6) is 0. The van der Waals surface area contributed by atoms with Crippen LogP contribution in [0.4, 0.5) is 5.69 Å². The highest BCUT2D eigenvalue weighted by molar-refractivity contribution is 5.52. The van der Waals surface area contributed by atoms with Gasteiger partial charge in [-0.25, -0.2) is 0 Å². The van der Waals surface area contributed by atoms with Crippen molar-refractivity contribution >= 4 is 5.69 Å². The van der Waals surface area contributed by atoms with E-state index in [0.29, 0.717) is 12.6 Å². The number of nitrogens with zero attached hydrogens (tertiary/aromatic N) is 2. The molecule has 0 radical (unpaired) electrons. The fourth-order valence-electron chi connectivity index (χ4n) is 2.11. The van der Waals surface area contributed by atoms with E-state index in [9.17, 15) is 5.11 Å². The van der Waals surface area contributed by atoms with Crippen LogP contribution in [0.2, 0.25) is 0 Å². The van der Waals surface area contributed by atoms with Crippen LogP contribution in [0.5, 0.6) is 0 Å². The summed E-state index contributed by atoms with van der Waals surface area (Å²) >= 11 is 0. The molecule has 1 aliphatic carbocycles. The molecule has 2 rings (SSSR count). The summed E-state index contributed by atoms with van der Waals surface area (Å²) in [7, 11) is 0. The monoisotopic (exact) mass is 222 g/mol. The Balaban J connectivity index is 2.22. The molecule has 88 valence electrons. The van der Waals surface area contributed by atoms with Gasteiger partial charge in [-0.3, -0.25) is 4.98 Å². The van der Waals surface area contributed by atoms with E-state index in [1.807, 2.05) is 6.07 Å². The zero-order valence-corrected chi connectivity index (χ0v) is 9.34. The van der Waals surface area contributed by atoms with Gasteiger partial charge in [-0.15, -0.1) is 0 Å². The first-order valence-corrected chi connectivity index (χ1v) is 5.78. The number of aliphatic hydroxyl groups is 2. The third-order valence-electron chi connectivity index (χ3n) is 3.22. The number of anilines is 1. The van der Waals surface area contributed by atoms with E-state index in [0.717, 1.165) is 11.3 Å². The van der Waals surface area contributed by atoms with Gasteiger partial charge in [-0.2, -0.15) is 0 Å². The molecule has 0 aromatic carbocycles. The molecule has 1 aromatic rings. The number of hydrogen-bond donors (Lipinski definition) is 2. The van der Waals surface area contributed by atoms with Crippen molar-refractivity contribution in [2.75, 3.05) is 18.1 Å². The number of rotatable bonds is 5. The average molecular weight is 222 g/mol. The zero-order valence-electron chi connectivity index (χ0n) is 9.34. The molecule has 0 bridgehead atoms. The van der Waals surface area contributed by atoms with E-state index in [1.165, 1.54) is 19.3 Å². The molecule has 2 N–H and O–H groups in total. The Morgan fingerprint density at radius 3 is 2.75 bits per heavy atom. The topological polar surface area (TPSA) is 56.6 Å². The van der Waals surface area contributed by atoms with Crippen LogP contribution < -0.4 is 4.90 Å². The highest BCUT2D eigenvalue weighted by Gasteiger charge is 2.26. The largest absolute Gasteiger partial charge is 0.395 e. The van der Waals surface area contributed by atoms with E-state index in [1.54, 1.807) is 12.4 Å². The number of pyridine rings is 1. The Labute approximate surface area is 95.5 Å². The SMILES string of the molecule is OCCN(c1cnccc1CO)C1CCC1. The normalized spacial score (nSPS) is 15.9. The molecule has 0 unspecified atom stereocenters. The third kappa shape index (κ3) is 2.18. The number of aromatic nitrogens is 1. The fourth-order valence-corrected chi connectivity index (χ4v) is 2.11. The van der Waals surface area contributed by atoms with Crippen molar-refractivity contribution < 1.29 is 10.2 Å². The molecule has 0 spiro atoms. The molecule has 1 fully saturated rings. The summed E-state index contributed by atoms with van der Waals surface area (Å²) in [6.07, 6.45) is 7.05. The summed E-state index contributed by atoms with van der Waals surface area (Å²) in [6.45, 7) is 0.770. The summed E-state index contributed by atoms with van der Waals surface area (Å²) in [5, 5.41) is 18.4. The van der Waals surface area contributed by atoms with E-state index in [2.05, 4.69) is 9.88 Å². The maximum atomic E-state index is 9.29. The predicted molar refractivity (Wildman–Crippen MR) is 62.2 cm³/mol. The lowest BCUT2D eigenvalue weighted by molar-refractivity contribution is 0.274. The first-order valence-electron chi connectivity index (χ1n) is 5.78. The molecule has 4 nitrogen and oxygen atoms in total. The molecular formula is C12H18N2O2. The van der Waals surface area contributed by atoms with Gasteiger partial charge in [0.15, 0.2) is 0 Å². The van der Waals surface area contributed by atoms with Crippen LogP contribution in [0.15, 0.2) is 18.5 Å². The van der Waals surface area contributed by atoms with E-state index >= 15 is 0 Å². The van der Waals surface area contributed by atoms with Gasteiger partial charge in [0.05, 0.1) is 25.1 Å². The Morgan fingerprint density at radius 2 is 2.19 bits per heavy atom. The lowest BCUT2D eigenvalue weighted by atomic mass is 9.91. The molecule has 0 amide bonds. The van der Waals surface area contributed by atoms with Crippen LogP contribution in [0.1, 0.15) is 24.8 Å². The highest BCUT2D eigenvalue weighted by Crippen LogP contribution is 2.30. The molecule has 1 aliphatic rings. The van der Waals surface area contributed by atoms with Crippen molar-refractivity contribution in [3.63, 3.8) is 0 Å². The van der Waals surface area contributed by atoms with Crippen molar-refractivity contribution in [1.82, 2.24) is 4.98 Å². The smallest absolute Gasteiger partial charge is 0.0703 e. The van der Waals surface area contributed by atoms with Crippen molar-refractivity contribution in [1.29, 1.82) is 0 Å². The van der Waals surface area contributed by atoms with Gasteiger partial charge in [0, 0.05) is 24.3 Å². The van der Waals surface area contributed by atoms with Gasteiger partial charge in [0.25, 0.3) is 0 Å². The van der Waals surface area contributed by atoms with Crippen molar-refractivity contribution in [3.8, 4) is 0 Å². The summed E-state index contributed by atoms with van der Waals surface area (Å²) in [4.78, 5) is 6.27. The summed E-state index contributed by atoms with van der Waals surface area (Å²) < 4.78 is 0. The second kappa shape index (κ2) is 5.27. The molecule has 1 saturated carbocycles. The van der Waals surface area contributed by atoms with Crippen LogP contribution in [-0.4, -0.2) is 34.4 Å². The van der Waals surface area contributed by atoms with Gasteiger partial charge in [0.2, 0.25) is 0 Å². The summed E-state index contributed by atoms with van der Waals surface area (Å²) in [6, 6.07) is 2.33. The van der Waals surface area contributed by atoms with Crippen LogP contribution in [0, 0.1) is 0 Å². The van der Waals surface area contributed by atoms with Gasteiger partial charge in [-0.1, -0.05) is 0 Å². The predicted octanol–water partition coefficient (Wildman–Crippen LogP) is 0.925. The zero-order chi connectivity index (χ0) is 11.4. The first-order chi connectivity index (χ1) is 7.86. The molecular weight excluding hydrogens is 204 g/mol. The Morgan fingerprint density at radius 1 is 1.38 bits per heavy atom. The second-order valence-corrected chi connectivity index (χ2v) is 4.16. The Bertz CT molecular complexity index is 340. The lowest BCUT2D eigenvalue weighted by Crippen LogP contribution is -2.42. The minimum atomic E-state index is 0.0203. The molecule has 1 heterocycles. The highest BCUT2D eigenvalue weighted by atomic mass is 16.3. The molecule has 0 atom stereocenters. The van der Waals surface area contributed by atoms with Crippen molar-refractivity contribution in [3.05, 3.63) is 24.0 Å². The van der Waals surface area contributed by atoms with Crippen LogP contribution in [-0.2, 0) is 6.61 Å². The minimum absolute atomic E-state index is 0.0203. The van der Waals surface area contributed by atoms with E-state index in [4.69, 9.17) is 5.11 Å². The molecule has 0 saturated heterocycles. The number of aliphatic hydroxyl groups excluding tert-OH is 2. The molecule has 16 heavy (non-hydrogen) atoms. The van der Waals surface area contributed by atoms with Gasteiger partial charge in [0.1, 0.15) is 0 Å². The maximum absolute atomic E-state index is 9.29. The second-order valence-electron chi connectivity index (χ2n) is 4.16. The van der Waals surface area contributed by atoms with Crippen LogP contribution in [0.25, 0.3) is 0 Å². The van der Waals surface area contributed by atoms with Gasteiger partial charge < -0.3 is 15.1 Å². The maximum Gasteiger partial charge on any atom is 0.0703 e. The average Bonchev–Trinajstić information content (AvgIpc) is 2.26. The van der Waals surface area contributed by atoms with E-state index < -0.39 is 0 Å². The Kier molecular flexibility index (Phi) is 3.74. The summed E-state index contributed by atoms with van der Waals surface area (Å²) in [5.41, 5.74) is 1.85. The van der Waals surface area contributed by atoms with Crippen molar-refractivity contribution in [2.45, 2.75) is 31.9 Å². The van der Waals surface area contributed by atoms with Crippen molar-refractivity contribution in [2.24, 2.45) is 0 Å². The van der Waals surface area contributed by atoms with Crippen LogP contribution >= 0.6 is 0 Å².